The van der Waals surface area contributed by atoms with Gasteiger partial charge in [0.15, 0.2) is 6.10 Å². The van der Waals surface area contributed by atoms with Crippen LogP contribution < -0.4 is 0 Å². The van der Waals surface area contributed by atoms with Crippen LogP contribution in [0.2, 0.25) is 0 Å². The predicted octanol–water partition coefficient (Wildman–Crippen LogP) is 0.462. The second-order valence-corrected chi connectivity index (χ2v) is 2.79. The number of H-pyrrole nitrogens is 1. The van der Waals surface area contributed by atoms with Crippen LogP contribution in [-0.2, 0) is 9.53 Å². The molecule has 1 N–H and O–H groups in total. The molecule has 6 heteroatoms. The number of aromatic nitrogens is 4. The molecule has 0 fully saturated rings. The molecular weight excluding hydrogens is 196 g/mol. The summed E-state index contributed by atoms with van der Waals surface area (Å²) < 4.78 is 4.91. The standard InChI is InChI=1S/C9H8N4O2/c14-6-15-8(9-10-12-13-11-9)7-4-2-1-3-5-7/h1-6,8H,(H,10,11,12,13). The Hall–Kier alpha value is -2.24. The average molecular weight is 204 g/mol. The largest absolute Gasteiger partial charge is 0.451 e. The number of rotatable bonds is 4. The summed E-state index contributed by atoms with van der Waals surface area (Å²) in [7, 11) is 0. The number of nitrogens with zero attached hydrogens (tertiary/aromatic N) is 3. The number of tetrazole rings is 1. The SMILES string of the molecule is O=COC(c1ccccc1)c1nn[nH]n1. The number of carbonyl (C=O) groups excluding carboxylic acids is 1. The van der Waals surface area contributed by atoms with Crippen LogP contribution in [0.5, 0.6) is 0 Å². The van der Waals surface area contributed by atoms with Gasteiger partial charge in [-0.25, -0.2) is 0 Å². The van der Waals surface area contributed by atoms with Gasteiger partial charge in [-0.15, -0.1) is 10.2 Å². The molecule has 1 heterocycles. The van der Waals surface area contributed by atoms with Crippen LogP contribution in [0.3, 0.4) is 0 Å². The zero-order valence-electron chi connectivity index (χ0n) is 7.70. The number of nitrogens with one attached hydrogen (secondary N) is 1. The van der Waals surface area contributed by atoms with E-state index in [0.717, 1.165) is 5.56 Å². The second kappa shape index (κ2) is 4.32. The molecule has 0 aliphatic carbocycles. The lowest BCUT2D eigenvalue weighted by atomic mass is 10.1. The molecule has 0 bridgehead atoms. The van der Waals surface area contributed by atoms with Crippen molar-refractivity contribution in [3.05, 3.63) is 41.7 Å². The van der Waals surface area contributed by atoms with Gasteiger partial charge in [0.25, 0.3) is 6.47 Å². The lowest BCUT2D eigenvalue weighted by Gasteiger charge is -2.10. The van der Waals surface area contributed by atoms with E-state index in [0.29, 0.717) is 12.3 Å². The van der Waals surface area contributed by atoms with Gasteiger partial charge in [0.2, 0.25) is 5.82 Å². The lowest BCUT2D eigenvalue weighted by Crippen LogP contribution is -2.07. The Morgan fingerprint density at radius 3 is 2.73 bits per heavy atom. The minimum atomic E-state index is -0.609. The number of aromatic amines is 1. The second-order valence-electron chi connectivity index (χ2n) is 2.79. The summed E-state index contributed by atoms with van der Waals surface area (Å²) in [5, 5.41) is 13.3. The van der Waals surface area contributed by atoms with Gasteiger partial charge in [0.05, 0.1) is 0 Å². The highest BCUT2D eigenvalue weighted by Crippen LogP contribution is 2.20. The first-order valence-corrected chi connectivity index (χ1v) is 4.29. The fourth-order valence-corrected chi connectivity index (χ4v) is 1.25. The Morgan fingerprint density at radius 1 is 1.33 bits per heavy atom. The van der Waals surface area contributed by atoms with Gasteiger partial charge in [-0.3, -0.25) is 4.79 Å². The molecular formula is C9H8N4O2. The van der Waals surface area contributed by atoms with Gasteiger partial charge in [0.1, 0.15) is 0 Å². The summed E-state index contributed by atoms with van der Waals surface area (Å²) in [5.74, 6) is 0.327. The lowest BCUT2D eigenvalue weighted by molar-refractivity contribution is -0.132. The van der Waals surface area contributed by atoms with E-state index in [4.69, 9.17) is 4.74 Å². The van der Waals surface area contributed by atoms with Crippen LogP contribution in [0.25, 0.3) is 0 Å². The van der Waals surface area contributed by atoms with Crippen LogP contribution in [0.4, 0.5) is 0 Å². The van der Waals surface area contributed by atoms with Crippen LogP contribution >= 0.6 is 0 Å². The van der Waals surface area contributed by atoms with E-state index in [1.807, 2.05) is 30.3 Å². The number of hydrogen-bond donors (Lipinski definition) is 1. The van der Waals surface area contributed by atoms with Crippen LogP contribution in [0.15, 0.2) is 30.3 Å². The van der Waals surface area contributed by atoms with Gasteiger partial charge >= 0.3 is 0 Å². The molecule has 6 nitrogen and oxygen atoms in total. The third-order valence-electron chi connectivity index (χ3n) is 1.89. The zero-order chi connectivity index (χ0) is 10.5. The number of benzene rings is 1. The maximum absolute atomic E-state index is 10.4. The Bertz CT molecular complexity index is 415. The summed E-state index contributed by atoms with van der Waals surface area (Å²) >= 11 is 0. The molecule has 2 aromatic rings. The van der Waals surface area contributed by atoms with E-state index in [-0.39, 0.29) is 0 Å². The van der Waals surface area contributed by atoms with E-state index >= 15 is 0 Å². The Labute approximate surface area is 85.3 Å². The quantitative estimate of drug-likeness (QED) is 0.732. The first kappa shape index (κ1) is 9.32. The fourth-order valence-electron chi connectivity index (χ4n) is 1.25. The van der Waals surface area contributed by atoms with Crippen molar-refractivity contribution in [2.45, 2.75) is 6.10 Å². The maximum atomic E-state index is 10.4. The minimum Gasteiger partial charge on any atom is -0.451 e. The molecule has 0 amide bonds. The number of ether oxygens (including phenoxy) is 1. The number of carbonyl (C=O) groups is 1. The van der Waals surface area contributed by atoms with Crippen molar-refractivity contribution in [1.29, 1.82) is 0 Å². The van der Waals surface area contributed by atoms with E-state index < -0.39 is 6.10 Å². The monoisotopic (exact) mass is 204 g/mol. The molecule has 2 rings (SSSR count). The van der Waals surface area contributed by atoms with Crippen molar-refractivity contribution in [1.82, 2.24) is 20.6 Å². The van der Waals surface area contributed by atoms with E-state index in [1.165, 1.54) is 0 Å². The smallest absolute Gasteiger partial charge is 0.294 e. The van der Waals surface area contributed by atoms with Crippen molar-refractivity contribution in [2.75, 3.05) is 0 Å². The summed E-state index contributed by atoms with van der Waals surface area (Å²) in [5.41, 5.74) is 0.797. The van der Waals surface area contributed by atoms with Gasteiger partial charge in [-0.1, -0.05) is 35.5 Å². The van der Waals surface area contributed by atoms with Gasteiger partial charge < -0.3 is 4.74 Å². The Kier molecular flexibility index (Phi) is 2.68. The molecule has 1 unspecified atom stereocenters. The van der Waals surface area contributed by atoms with Gasteiger partial charge in [-0.2, -0.15) is 5.21 Å². The number of hydrogen-bond acceptors (Lipinski definition) is 5. The molecule has 1 aromatic carbocycles. The van der Waals surface area contributed by atoms with E-state index in [9.17, 15) is 4.79 Å². The molecule has 1 aromatic heterocycles. The first-order chi connectivity index (χ1) is 7.42. The topological polar surface area (TPSA) is 80.8 Å². The van der Waals surface area contributed by atoms with Crippen molar-refractivity contribution < 1.29 is 9.53 Å². The van der Waals surface area contributed by atoms with Gasteiger partial charge in [0, 0.05) is 5.56 Å². The van der Waals surface area contributed by atoms with Crippen molar-refractivity contribution in [2.24, 2.45) is 0 Å². The molecule has 0 aliphatic rings. The van der Waals surface area contributed by atoms with Crippen molar-refractivity contribution >= 4 is 6.47 Å². The zero-order valence-corrected chi connectivity index (χ0v) is 7.70. The molecule has 0 saturated heterocycles. The minimum absolute atomic E-state index is 0.327. The van der Waals surface area contributed by atoms with E-state index in [2.05, 4.69) is 20.6 Å². The molecule has 0 radical (unpaired) electrons. The maximum Gasteiger partial charge on any atom is 0.294 e. The highest BCUT2D eigenvalue weighted by atomic mass is 16.5. The molecule has 1 atom stereocenters. The van der Waals surface area contributed by atoms with Gasteiger partial charge in [-0.05, 0) is 0 Å². The predicted molar refractivity (Wildman–Crippen MR) is 49.6 cm³/mol. The summed E-state index contributed by atoms with van der Waals surface area (Å²) in [6, 6.07) is 9.21. The molecule has 0 spiro atoms. The molecule has 0 saturated carbocycles. The van der Waals surface area contributed by atoms with E-state index in [1.54, 1.807) is 0 Å². The fraction of sp³-hybridized carbons (Fsp3) is 0.111. The molecule has 15 heavy (non-hydrogen) atoms. The van der Waals surface area contributed by atoms with Crippen molar-refractivity contribution in [3.63, 3.8) is 0 Å². The molecule has 0 aliphatic heterocycles. The summed E-state index contributed by atoms with van der Waals surface area (Å²) in [6.07, 6.45) is -0.609. The highest BCUT2D eigenvalue weighted by molar-refractivity contribution is 5.40. The Balaban J connectivity index is 2.32. The van der Waals surface area contributed by atoms with Crippen molar-refractivity contribution in [3.8, 4) is 0 Å². The highest BCUT2D eigenvalue weighted by Gasteiger charge is 2.19. The average Bonchev–Trinajstić information content (AvgIpc) is 2.80. The summed E-state index contributed by atoms with van der Waals surface area (Å²) in [4.78, 5) is 10.4. The Morgan fingerprint density at radius 2 is 2.13 bits per heavy atom. The van der Waals surface area contributed by atoms with Crippen LogP contribution in [0, 0.1) is 0 Å². The van der Waals surface area contributed by atoms with Crippen LogP contribution in [0.1, 0.15) is 17.5 Å². The summed E-state index contributed by atoms with van der Waals surface area (Å²) in [6.45, 7) is 0.369. The third kappa shape index (κ3) is 1.98. The molecule has 76 valence electrons. The third-order valence-corrected chi connectivity index (χ3v) is 1.89. The normalized spacial score (nSPS) is 12.0. The first-order valence-electron chi connectivity index (χ1n) is 4.29. The van der Waals surface area contributed by atoms with Crippen LogP contribution in [-0.4, -0.2) is 27.1 Å².